The summed E-state index contributed by atoms with van der Waals surface area (Å²) in [6.45, 7) is 2.53. The van der Waals surface area contributed by atoms with Gasteiger partial charge in [0.05, 0.1) is 0 Å². The van der Waals surface area contributed by atoms with E-state index in [4.69, 9.17) is 4.74 Å². The van der Waals surface area contributed by atoms with Crippen LogP contribution in [-0.2, 0) is 13.2 Å². The highest BCUT2D eigenvalue weighted by Gasteiger charge is 2.23. The van der Waals surface area contributed by atoms with Crippen molar-refractivity contribution in [3.63, 3.8) is 0 Å². The van der Waals surface area contributed by atoms with Crippen molar-refractivity contribution in [2.45, 2.75) is 38.5 Å². The lowest BCUT2D eigenvalue weighted by Gasteiger charge is -2.32. The maximum absolute atomic E-state index is 14.1. The highest BCUT2D eigenvalue weighted by atomic mass is 16.5. The zero-order valence-electron chi connectivity index (χ0n) is 21.3. The van der Waals surface area contributed by atoms with Crippen LogP contribution in [0.25, 0.3) is 21.7 Å². The van der Waals surface area contributed by atoms with Crippen LogP contribution in [-0.4, -0.2) is 34.9 Å². The first kappa shape index (κ1) is 23.5. The van der Waals surface area contributed by atoms with E-state index in [9.17, 15) is 4.79 Å². The molecule has 6 rings (SSSR count). The van der Waals surface area contributed by atoms with Crippen LogP contribution in [0.15, 0.2) is 97.2 Å². The zero-order chi connectivity index (χ0) is 25.2. The summed E-state index contributed by atoms with van der Waals surface area (Å²) in [6, 6.07) is 30.8. The Balaban J connectivity index is 1.36. The molecule has 1 aromatic heterocycles. The third-order valence-electron chi connectivity index (χ3n) is 7.73. The van der Waals surface area contributed by atoms with Crippen molar-refractivity contribution < 1.29 is 9.53 Å². The summed E-state index contributed by atoms with van der Waals surface area (Å²) in [6.07, 6.45) is 5.80. The molecule has 1 unspecified atom stereocenters. The van der Waals surface area contributed by atoms with E-state index >= 15 is 0 Å². The van der Waals surface area contributed by atoms with Gasteiger partial charge in [0.2, 0.25) is 0 Å². The second-order valence-corrected chi connectivity index (χ2v) is 10.1. The number of aromatic nitrogens is 1. The molecule has 1 aliphatic rings. The third-order valence-corrected chi connectivity index (χ3v) is 7.73. The van der Waals surface area contributed by atoms with Crippen LogP contribution in [0.2, 0.25) is 0 Å². The molecule has 1 aliphatic heterocycles. The van der Waals surface area contributed by atoms with E-state index in [1.54, 1.807) is 0 Å². The summed E-state index contributed by atoms with van der Waals surface area (Å²) in [5.41, 5.74) is 3.71. The molecule has 186 valence electrons. The normalized spacial score (nSPS) is 16.3. The number of carbonyl (C=O) groups is 1. The second-order valence-electron chi connectivity index (χ2n) is 10.1. The maximum Gasteiger partial charge on any atom is 0.195 e. The summed E-state index contributed by atoms with van der Waals surface area (Å²) in [7, 11) is 2.22. The fourth-order valence-electron chi connectivity index (χ4n) is 5.66. The van der Waals surface area contributed by atoms with Crippen LogP contribution in [0.3, 0.4) is 0 Å². The summed E-state index contributed by atoms with van der Waals surface area (Å²) in [5, 5.41) is 2.89. The van der Waals surface area contributed by atoms with Crippen molar-refractivity contribution in [1.29, 1.82) is 0 Å². The fraction of sp³-hybridized carbons (Fsp3) is 0.242. The van der Waals surface area contributed by atoms with Crippen molar-refractivity contribution in [3.05, 3.63) is 114 Å². The number of likely N-dealkylation sites (N-methyl/N-ethyl adjacent to an activating group) is 1. The molecule has 0 spiro atoms. The first-order valence-corrected chi connectivity index (χ1v) is 13.2. The van der Waals surface area contributed by atoms with Gasteiger partial charge in [0.25, 0.3) is 0 Å². The lowest BCUT2D eigenvalue weighted by atomic mass is 9.96. The number of rotatable bonds is 7. The van der Waals surface area contributed by atoms with Crippen LogP contribution in [0, 0.1) is 0 Å². The van der Waals surface area contributed by atoms with Gasteiger partial charge in [-0.2, -0.15) is 0 Å². The maximum atomic E-state index is 14.1. The van der Waals surface area contributed by atoms with Crippen molar-refractivity contribution in [3.8, 4) is 5.75 Å². The van der Waals surface area contributed by atoms with E-state index in [0.29, 0.717) is 18.2 Å². The molecular formula is C33H32N2O2. The Labute approximate surface area is 218 Å². The van der Waals surface area contributed by atoms with Gasteiger partial charge in [-0.3, -0.25) is 4.79 Å². The van der Waals surface area contributed by atoms with Gasteiger partial charge in [-0.15, -0.1) is 0 Å². The molecule has 2 heterocycles. The van der Waals surface area contributed by atoms with Gasteiger partial charge >= 0.3 is 0 Å². The van der Waals surface area contributed by atoms with Gasteiger partial charge < -0.3 is 14.2 Å². The first-order valence-electron chi connectivity index (χ1n) is 13.2. The van der Waals surface area contributed by atoms with Crippen LogP contribution in [0.1, 0.15) is 40.7 Å². The zero-order valence-corrected chi connectivity index (χ0v) is 21.3. The van der Waals surface area contributed by atoms with E-state index in [0.717, 1.165) is 51.6 Å². The molecular weight excluding hydrogens is 456 g/mol. The minimum atomic E-state index is 0.0535. The molecule has 37 heavy (non-hydrogen) atoms. The van der Waals surface area contributed by atoms with E-state index in [-0.39, 0.29) is 5.78 Å². The molecule has 4 nitrogen and oxygen atoms in total. The number of likely N-dealkylation sites (tertiary alicyclic amines) is 1. The summed E-state index contributed by atoms with van der Waals surface area (Å²) >= 11 is 0. The molecule has 1 fully saturated rings. The molecule has 4 heteroatoms. The van der Waals surface area contributed by atoms with Gasteiger partial charge in [0.1, 0.15) is 12.4 Å². The molecule has 4 aromatic carbocycles. The van der Waals surface area contributed by atoms with Gasteiger partial charge in [-0.25, -0.2) is 0 Å². The largest absolute Gasteiger partial charge is 0.488 e. The van der Waals surface area contributed by atoms with E-state index < -0.39 is 0 Å². The van der Waals surface area contributed by atoms with E-state index in [2.05, 4.69) is 53.0 Å². The molecule has 1 saturated heterocycles. The lowest BCUT2D eigenvalue weighted by molar-refractivity contribution is 0.104. The Morgan fingerprint density at radius 2 is 1.54 bits per heavy atom. The van der Waals surface area contributed by atoms with E-state index in [1.807, 2.05) is 60.7 Å². The second kappa shape index (κ2) is 10.2. The molecule has 0 radical (unpaired) electrons. The summed E-state index contributed by atoms with van der Waals surface area (Å²) in [4.78, 5) is 16.5. The van der Waals surface area contributed by atoms with Crippen LogP contribution in [0.5, 0.6) is 5.75 Å². The monoisotopic (exact) mass is 488 g/mol. The standard InChI is InChI=1S/C33H32N2O2/c1-34-20-10-9-13-25(34)21-35-22-30(27-15-7-8-17-31(27)35)33(36)29-18-19-32(28-16-6-5-14-26(28)29)37-23-24-11-3-2-4-12-24/h2-8,11-12,14-19,22,25H,9-10,13,20-21,23H2,1H3. The number of nitrogens with zero attached hydrogens (tertiary/aromatic N) is 2. The Hall–Kier alpha value is -3.89. The number of carbonyl (C=O) groups excluding carboxylic acids is 1. The van der Waals surface area contributed by atoms with Gasteiger partial charge in [0, 0.05) is 46.2 Å². The average Bonchev–Trinajstić information content (AvgIpc) is 3.31. The Morgan fingerprint density at radius 1 is 0.811 bits per heavy atom. The summed E-state index contributed by atoms with van der Waals surface area (Å²) in [5.74, 6) is 0.844. The topological polar surface area (TPSA) is 34.5 Å². The first-order chi connectivity index (χ1) is 18.2. The van der Waals surface area contributed by atoms with Crippen molar-refractivity contribution in [1.82, 2.24) is 9.47 Å². The minimum Gasteiger partial charge on any atom is -0.488 e. The van der Waals surface area contributed by atoms with Crippen molar-refractivity contribution >= 4 is 27.5 Å². The van der Waals surface area contributed by atoms with Crippen LogP contribution in [0.4, 0.5) is 0 Å². The Bertz CT molecular complexity index is 1550. The number of benzene rings is 4. The molecule has 0 aliphatic carbocycles. The number of para-hydroxylation sites is 1. The summed E-state index contributed by atoms with van der Waals surface area (Å²) < 4.78 is 8.48. The highest BCUT2D eigenvalue weighted by molar-refractivity contribution is 6.21. The van der Waals surface area contributed by atoms with Gasteiger partial charge in [0.15, 0.2) is 5.78 Å². The molecule has 1 atom stereocenters. The molecule has 5 aromatic rings. The fourth-order valence-corrected chi connectivity index (χ4v) is 5.66. The molecule has 0 amide bonds. The van der Waals surface area contributed by atoms with E-state index in [1.165, 1.54) is 19.3 Å². The van der Waals surface area contributed by atoms with Crippen LogP contribution < -0.4 is 4.74 Å². The minimum absolute atomic E-state index is 0.0535. The number of fused-ring (bicyclic) bond motifs is 2. The average molecular weight is 489 g/mol. The molecule has 0 saturated carbocycles. The smallest absolute Gasteiger partial charge is 0.195 e. The number of hydrogen-bond donors (Lipinski definition) is 0. The number of hydrogen-bond acceptors (Lipinski definition) is 3. The van der Waals surface area contributed by atoms with Gasteiger partial charge in [-0.1, -0.05) is 79.2 Å². The lowest BCUT2D eigenvalue weighted by Crippen LogP contribution is -2.39. The SMILES string of the molecule is CN1CCCCC1Cn1cc(C(=O)c2ccc(OCc3ccccc3)c3ccccc23)c2ccccc21. The Morgan fingerprint density at radius 3 is 2.35 bits per heavy atom. The highest BCUT2D eigenvalue weighted by Crippen LogP contribution is 2.33. The quantitative estimate of drug-likeness (QED) is 0.229. The molecule has 0 bridgehead atoms. The van der Waals surface area contributed by atoms with Gasteiger partial charge in [-0.05, 0) is 55.6 Å². The van der Waals surface area contributed by atoms with Crippen molar-refractivity contribution in [2.24, 2.45) is 0 Å². The number of piperidine rings is 1. The Kier molecular flexibility index (Phi) is 6.50. The third kappa shape index (κ3) is 4.65. The predicted octanol–water partition coefficient (Wildman–Crippen LogP) is 7.09. The van der Waals surface area contributed by atoms with Crippen LogP contribution >= 0.6 is 0 Å². The number of ether oxygens (including phenoxy) is 1. The number of ketones is 1. The predicted molar refractivity (Wildman–Crippen MR) is 150 cm³/mol. The molecule has 0 N–H and O–H groups in total. The van der Waals surface area contributed by atoms with Crippen molar-refractivity contribution in [2.75, 3.05) is 13.6 Å².